The summed E-state index contributed by atoms with van der Waals surface area (Å²) in [5.41, 5.74) is 1.26. The third kappa shape index (κ3) is 4.26. The number of anilines is 1. The molecule has 1 fully saturated rings. The number of nitrogens with zero attached hydrogens (tertiary/aromatic N) is 1. The lowest BCUT2D eigenvalue weighted by atomic mass is 10.1. The Balaban J connectivity index is 1.55. The molecule has 1 saturated heterocycles. The Kier molecular flexibility index (Phi) is 6.26. The minimum atomic E-state index is -1.65. The van der Waals surface area contributed by atoms with Crippen LogP contribution in [0.1, 0.15) is 39.1 Å². The summed E-state index contributed by atoms with van der Waals surface area (Å²) in [5, 5.41) is 2.87. The first-order valence-corrected chi connectivity index (χ1v) is 12.3. The fourth-order valence-corrected chi connectivity index (χ4v) is 5.62. The quantitative estimate of drug-likeness (QED) is 0.600. The van der Waals surface area contributed by atoms with Gasteiger partial charge in [0.2, 0.25) is 0 Å². The molecule has 0 radical (unpaired) electrons. The van der Waals surface area contributed by atoms with Crippen molar-refractivity contribution in [3.63, 3.8) is 0 Å². The number of benzene rings is 3. The molecule has 0 saturated carbocycles. The van der Waals surface area contributed by atoms with Gasteiger partial charge in [0.25, 0.3) is 11.8 Å². The number of rotatable bonds is 5. The first kappa shape index (κ1) is 22.4. The molecule has 0 spiro atoms. The molecule has 2 aliphatic heterocycles. The molecule has 0 aliphatic carbocycles. The van der Waals surface area contributed by atoms with Crippen molar-refractivity contribution in [2.75, 3.05) is 18.1 Å². The SMILES string of the molecule is O=C(NCC1CCCO1)c1ccc2c(c1)N(Cc1ccccc1F)C(=O)c1ccccc1S2=O. The molecule has 3 aromatic rings. The Bertz CT molecular complexity index is 1290. The standard InChI is InChI=1S/C26H23FN2O4S/c27-21-9-3-1-6-18(21)16-29-22-14-17(25(30)28-15-19-7-5-13-33-19)11-12-24(22)34(32)23-10-4-2-8-20(23)26(29)31/h1-4,6,8-12,14,19H,5,7,13,15-16H2,(H,28,30). The molecule has 2 atom stereocenters. The first-order chi connectivity index (χ1) is 16.5. The molecule has 34 heavy (non-hydrogen) atoms. The molecule has 174 valence electrons. The number of carbonyl (C=O) groups excluding carboxylic acids is 2. The van der Waals surface area contributed by atoms with E-state index in [0.717, 1.165) is 12.8 Å². The number of hydrogen-bond acceptors (Lipinski definition) is 4. The van der Waals surface area contributed by atoms with Crippen LogP contribution in [0.2, 0.25) is 0 Å². The average Bonchev–Trinajstić information content (AvgIpc) is 3.37. The minimum Gasteiger partial charge on any atom is -0.376 e. The molecule has 2 aliphatic rings. The fourth-order valence-electron chi connectivity index (χ4n) is 4.27. The van der Waals surface area contributed by atoms with E-state index in [2.05, 4.69) is 5.32 Å². The summed E-state index contributed by atoms with van der Waals surface area (Å²) in [4.78, 5) is 28.6. The van der Waals surface area contributed by atoms with Gasteiger partial charge in [-0.05, 0) is 49.2 Å². The molecule has 1 N–H and O–H groups in total. The van der Waals surface area contributed by atoms with Crippen molar-refractivity contribution in [1.82, 2.24) is 5.32 Å². The van der Waals surface area contributed by atoms with Crippen LogP contribution in [0.5, 0.6) is 0 Å². The van der Waals surface area contributed by atoms with Gasteiger partial charge in [-0.25, -0.2) is 8.60 Å². The monoisotopic (exact) mass is 478 g/mol. The topological polar surface area (TPSA) is 75.7 Å². The fraction of sp³-hybridized carbons (Fsp3) is 0.231. The molecule has 5 rings (SSSR count). The lowest BCUT2D eigenvalue weighted by Crippen LogP contribution is -2.33. The van der Waals surface area contributed by atoms with E-state index >= 15 is 0 Å². The van der Waals surface area contributed by atoms with E-state index in [1.807, 2.05) is 0 Å². The highest BCUT2D eigenvalue weighted by molar-refractivity contribution is 7.85. The summed E-state index contributed by atoms with van der Waals surface area (Å²) >= 11 is 0. The third-order valence-electron chi connectivity index (χ3n) is 6.07. The molecule has 2 heterocycles. The Morgan fingerprint density at radius 1 is 1.09 bits per heavy atom. The Labute approximate surface area is 199 Å². The number of halogens is 1. The summed E-state index contributed by atoms with van der Waals surface area (Å²) in [6, 6.07) is 17.7. The Hall–Kier alpha value is -3.36. The Morgan fingerprint density at radius 2 is 1.88 bits per heavy atom. The van der Waals surface area contributed by atoms with Crippen LogP contribution in [-0.2, 0) is 22.1 Å². The lowest BCUT2D eigenvalue weighted by molar-refractivity contribution is 0.0857. The zero-order chi connectivity index (χ0) is 23.7. The number of carbonyl (C=O) groups is 2. The van der Waals surface area contributed by atoms with Gasteiger partial charge in [-0.15, -0.1) is 0 Å². The van der Waals surface area contributed by atoms with E-state index in [0.29, 0.717) is 39.8 Å². The second-order valence-electron chi connectivity index (χ2n) is 8.28. The highest BCUT2D eigenvalue weighted by Crippen LogP contribution is 2.36. The zero-order valence-electron chi connectivity index (χ0n) is 18.3. The van der Waals surface area contributed by atoms with Gasteiger partial charge in [0.05, 0.1) is 44.5 Å². The van der Waals surface area contributed by atoms with Gasteiger partial charge in [-0.3, -0.25) is 9.59 Å². The first-order valence-electron chi connectivity index (χ1n) is 11.1. The molecular formula is C26H23FN2O4S. The number of ether oxygens (including phenoxy) is 1. The van der Waals surface area contributed by atoms with E-state index in [1.165, 1.54) is 11.0 Å². The summed E-state index contributed by atoms with van der Waals surface area (Å²) in [7, 11) is -1.65. The normalized spacial score (nSPS) is 19.3. The predicted octanol–water partition coefficient (Wildman–Crippen LogP) is 4.06. The zero-order valence-corrected chi connectivity index (χ0v) is 19.1. The van der Waals surface area contributed by atoms with Crippen LogP contribution >= 0.6 is 0 Å². The minimum absolute atomic E-state index is 0.00841. The van der Waals surface area contributed by atoms with Crippen LogP contribution < -0.4 is 10.2 Å². The van der Waals surface area contributed by atoms with E-state index in [4.69, 9.17) is 4.74 Å². The molecule has 2 unspecified atom stereocenters. The summed E-state index contributed by atoms with van der Waals surface area (Å²) in [5.74, 6) is -1.16. The van der Waals surface area contributed by atoms with E-state index in [-0.39, 0.29) is 24.1 Å². The van der Waals surface area contributed by atoms with Gasteiger partial charge >= 0.3 is 0 Å². The molecule has 0 bridgehead atoms. The van der Waals surface area contributed by atoms with Gasteiger partial charge in [-0.1, -0.05) is 30.3 Å². The number of fused-ring (bicyclic) bond motifs is 2. The maximum atomic E-state index is 14.5. The smallest absolute Gasteiger partial charge is 0.259 e. The number of nitrogens with one attached hydrogen (secondary N) is 1. The van der Waals surface area contributed by atoms with Gasteiger partial charge in [-0.2, -0.15) is 0 Å². The highest BCUT2D eigenvalue weighted by atomic mass is 32.2. The van der Waals surface area contributed by atoms with Gasteiger partial charge < -0.3 is 15.0 Å². The van der Waals surface area contributed by atoms with Crippen molar-refractivity contribution in [2.45, 2.75) is 35.3 Å². The number of amides is 2. The van der Waals surface area contributed by atoms with Crippen LogP contribution in [0.3, 0.4) is 0 Å². The van der Waals surface area contributed by atoms with Crippen LogP contribution in [0.4, 0.5) is 10.1 Å². The van der Waals surface area contributed by atoms with E-state index in [1.54, 1.807) is 60.7 Å². The third-order valence-corrected chi connectivity index (χ3v) is 7.57. The van der Waals surface area contributed by atoms with Crippen LogP contribution in [-0.4, -0.2) is 35.3 Å². The molecule has 6 nitrogen and oxygen atoms in total. The summed E-state index contributed by atoms with van der Waals surface area (Å²) in [6.45, 7) is 1.02. The van der Waals surface area contributed by atoms with Crippen molar-refractivity contribution in [3.8, 4) is 0 Å². The van der Waals surface area contributed by atoms with E-state index in [9.17, 15) is 18.2 Å². The van der Waals surface area contributed by atoms with Gasteiger partial charge in [0, 0.05) is 24.3 Å². The van der Waals surface area contributed by atoms with Crippen molar-refractivity contribution >= 4 is 28.3 Å². The van der Waals surface area contributed by atoms with Crippen molar-refractivity contribution in [1.29, 1.82) is 0 Å². The lowest BCUT2D eigenvalue weighted by Gasteiger charge is -2.24. The molecular weight excluding hydrogens is 455 g/mol. The van der Waals surface area contributed by atoms with Crippen LogP contribution in [0.15, 0.2) is 76.5 Å². The molecule has 8 heteroatoms. The molecule has 3 aromatic carbocycles. The van der Waals surface area contributed by atoms with Gasteiger partial charge in [0.15, 0.2) is 0 Å². The van der Waals surface area contributed by atoms with E-state index < -0.39 is 22.5 Å². The molecule has 2 amide bonds. The van der Waals surface area contributed by atoms with Crippen LogP contribution in [0.25, 0.3) is 0 Å². The van der Waals surface area contributed by atoms with Crippen molar-refractivity contribution in [2.24, 2.45) is 0 Å². The highest BCUT2D eigenvalue weighted by Gasteiger charge is 2.32. The van der Waals surface area contributed by atoms with Crippen molar-refractivity contribution in [3.05, 3.63) is 89.2 Å². The molecule has 0 aromatic heterocycles. The number of hydrogen-bond donors (Lipinski definition) is 1. The predicted molar refractivity (Wildman–Crippen MR) is 126 cm³/mol. The summed E-state index contributed by atoms with van der Waals surface area (Å²) in [6.07, 6.45) is 1.86. The average molecular weight is 479 g/mol. The maximum absolute atomic E-state index is 14.5. The Morgan fingerprint density at radius 3 is 2.68 bits per heavy atom. The second kappa shape index (κ2) is 9.48. The maximum Gasteiger partial charge on any atom is 0.259 e. The van der Waals surface area contributed by atoms with Crippen molar-refractivity contribution < 1.29 is 22.9 Å². The second-order valence-corrected chi connectivity index (χ2v) is 9.69. The summed E-state index contributed by atoms with van der Waals surface area (Å²) < 4.78 is 33.5. The van der Waals surface area contributed by atoms with Crippen LogP contribution in [0, 0.1) is 5.82 Å². The van der Waals surface area contributed by atoms with Gasteiger partial charge in [0.1, 0.15) is 5.82 Å². The largest absolute Gasteiger partial charge is 0.376 e.